The Morgan fingerprint density at radius 3 is 1.08 bits per heavy atom. The second-order valence-corrected chi connectivity index (χ2v) is 53.8. The first-order chi connectivity index (χ1) is 59.5. The average Bonchev–Trinajstić information content (AvgIpc) is 1.52. The number of alkyl halides is 6. The zero-order valence-corrected chi connectivity index (χ0v) is 80.1. The topological polar surface area (TPSA) is 95.2 Å². The van der Waals surface area contributed by atoms with E-state index in [9.17, 15) is 26.3 Å². The van der Waals surface area contributed by atoms with Crippen LogP contribution in [0.4, 0.5) is 26.3 Å². The number of nitrogens with zero attached hydrogens (tertiary/aromatic N) is 2. The van der Waals surface area contributed by atoms with Gasteiger partial charge in [-0.25, -0.2) is 0 Å². The molecule has 6 nitrogen and oxygen atoms in total. The minimum atomic E-state index is -4.44. The predicted molar refractivity (Wildman–Crippen MR) is 504 cm³/mol. The van der Waals surface area contributed by atoms with E-state index in [1.54, 1.807) is 27.5 Å². The molecule has 646 valence electrons. The number of hydrogen-bond donors (Lipinski definition) is 2. The van der Waals surface area contributed by atoms with Crippen LogP contribution in [0.5, 0.6) is 0 Å². The number of amidine groups is 2. The van der Waals surface area contributed by atoms with Crippen molar-refractivity contribution in [3.05, 3.63) is 320 Å². The van der Waals surface area contributed by atoms with Crippen LogP contribution in [0.2, 0.25) is 13.3 Å². The minimum Gasteiger partial charge on any atom is -0.0622 e. The summed E-state index contributed by atoms with van der Waals surface area (Å²) in [6.07, 6.45) is 13.2. The molecule has 4 N–H and O–H groups in total. The number of halogens is 9. The van der Waals surface area contributed by atoms with E-state index in [1.165, 1.54) is 107 Å². The van der Waals surface area contributed by atoms with Gasteiger partial charge in [0, 0.05) is 52.1 Å². The molecular weight excluding hydrogens is 1890 g/mol. The van der Waals surface area contributed by atoms with E-state index in [0.717, 1.165) is 127 Å². The second kappa shape index (κ2) is 42.8. The van der Waals surface area contributed by atoms with Gasteiger partial charge in [-0.2, -0.15) is 26.3 Å². The molecule has 2 atom stereocenters. The van der Waals surface area contributed by atoms with E-state index in [-0.39, 0.29) is 39.0 Å². The quantitative estimate of drug-likeness (QED) is 0.0411. The average molecular weight is 2000 g/mol. The zero-order chi connectivity index (χ0) is 86.8. The molecule has 4 saturated carbocycles. The van der Waals surface area contributed by atoms with Crippen LogP contribution >= 0.6 is 50.8 Å². The molecule has 2 unspecified atom stereocenters. The van der Waals surface area contributed by atoms with Gasteiger partial charge in [0.05, 0.1) is 23.3 Å². The van der Waals surface area contributed by atoms with Gasteiger partial charge < -0.3 is 20.9 Å². The summed E-state index contributed by atoms with van der Waals surface area (Å²) in [6.45, 7) is 7.01. The molecule has 10 aromatic rings. The summed E-state index contributed by atoms with van der Waals surface area (Å²) >= 11 is 1.38. The van der Waals surface area contributed by atoms with E-state index in [0.29, 0.717) is 39.8 Å². The van der Waals surface area contributed by atoms with Gasteiger partial charge in [0.2, 0.25) is 0 Å². The summed E-state index contributed by atoms with van der Waals surface area (Å²) in [5, 5.41) is 8.39. The van der Waals surface area contributed by atoms with Crippen LogP contribution in [0.15, 0.2) is 269 Å². The smallest absolute Gasteiger partial charge is 0.0134 e. The van der Waals surface area contributed by atoms with Crippen LogP contribution in [0.1, 0.15) is 198 Å². The summed E-state index contributed by atoms with van der Waals surface area (Å²) in [6, 6.07) is 84.7. The van der Waals surface area contributed by atoms with Crippen LogP contribution in [0.3, 0.4) is 0 Å². The third-order valence-corrected chi connectivity index (χ3v) is 44.4. The summed E-state index contributed by atoms with van der Waals surface area (Å²) in [5.74, 6) is 12.2. The fraction of sp³-hybridized carbons (Fsp3) is 0.365. The van der Waals surface area contributed by atoms with Gasteiger partial charge in [-0.3, -0.25) is 9.98 Å². The van der Waals surface area contributed by atoms with Crippen LogP contribution in [0.25, 0.3) is 0 Å². The largest absolute Gasteiger partial charge is 0.0622 e. The fourth-order valence-electron chi connectivity index (χ4n) is 19.2. The maximum atomic E-state index is 13.8. The summed E-state index contributed by atoms with van der Waals surface area (Å²) < 4.78 is 103. The van der Waals surface area contributed by atoms with Crippen molar-refractivity contribution in [2.45, 2.75) is 198 Å². The maximum absolute atomic E-state index is 13.8. The molecule has 2 aliphatic heterocycles. The summed E-state index contributed by atoms with van der Waals surface area (Å²) in [4.78, 5) is 10.1. The molecule has 0 aromatic heterocycles. The Labute approximate surface area is 756 Å². The van der Waals surface area contributed by atoms with Crippen molar-refractivity contribution in [1.82, 2.24) is 0 Å². The van der Waals surface area contributed by atoms with E-state index in [1.807, 2.05) is 18.2 Å². The van der Waals surface area contributed by atoms with Gasteiger partial charge >= 0.3 is 167 Å². The molecule has 0 bridgehead atoms. The first-order valence-electron chi connectivity index (χ1n) is 43.4. The Kier molecular flexibility index (Phi) is 32.7. The Balaban J connectivity index is 0.000000135. The normalized spacial score (nSPS) is 21.1. The van der Waals surface area contributed by atoms with Gasteiger partial charge in [-0.1, -0.05) is 234 Å². The molecule has 2 heterocycles. The van der Waals surface area contributed by atoms with Gasteiger partial charge in [-0.05, 0) is 207 Å². The molecule has 123 heavy (non-hydrogen) atoms. The van der Waals surface area contributed by atoms with E-state index in [4.69, 9.17) is 50.0 Å². The number of fused-ring (bicyclic) bond motifs is 10. The minimum absolute atomic E-state index is 0.106. The van der Waals surface area contributed by atoms with Crippen LogP contribution in [0, 0.1) is 44.4 Å². The maximum Gasteiger partial charge on any atom is -0.0134 e. The van der Waals surface area contributed by atoms with Crippen LogP contribution in [-0.2, 0) is 61.7 Å². The van der Waals surface area contributed by atoms with Crippen molar-refractivity contribution in [3.63, 3.8) is 0 Å². The molecule has 8 aliphatic rings. The SMILES string of the molecule is CCC[CH2][Sn]([C]#CC1CC1)([CH2]CCC)[CH2]CCC.COC1CCC2(CC1)Cc1ccc(Br)cc1C21N=C(N)c2ccc(C(F)(F)F)cc21.COC1CCC2(CC1)Cc1ccc(C#CC3CC3)cc1C21N=C(N)c2ccc(C(F)(F)F)cc21.[Cl][Pd][Cl].c1ccc(P(c2ccccc2)c2ccccc2)cc1.c1ccc(P(c2ccccc2)c2ccccc2)cc1. The third kappa shape index (κ3) is 21.9. The van der Waals surface area contributed by atoms with E-state index in [2.05, 4.69) is 259 Å². The van der Waals surface area contributed by atoms with Crippen molar-refractivity contribution < 1.29 is 51.8 Å². The first kappa shape index (κ1) is 93.8. The number of rotatable bonds is 17. The van der Waals surface area contributed by atoms with Gasteiger partial charge in [0.1, 0.15) is 22.7 Å². The van der Waals surface area contributed by atoms with Crippen LogP contribution in [-0.4, -0.2) is 56.5 Å². The Morgan fingerprint density at radius 2 is 0.764 bits per heavy atom. The molecule has 0 amide bonds. The molecule has 18 rings (SSSR count). The molecule has 6 aliphatic carbocycles. The van der Waals surface area contributed by atoms with Crippen molar-refractivity contribution in [2.24, 2.45) is 44.1 Å². The number of unbranched alkanes of at least 4 members (excludes halogenated alkanes) is 3. The molecule has 10 aromatic carbocycles. The monoisotopic (exact) mass is 2000 g/mol. The molecule has 0 radical (unpaired) electrons. The number of nitrogens with two attached hydrogens (primary N) is 2. The number of benzene rings is 10. The number of aliphatic imine (C=N–C) groups is 2. The van der Waals surface area contributed by atoms with Crippen molar-refractivity contribution >= 4 is 113 Å². The Hall–Kier alpha value is -6.86. The fourth-order valence-corrected chi connectivity index (χ4v) is 37.7. The molecule has 4 spiro atoms. The number of methoxy groups -OCH3 is 2. The summed E-state index contributed by atoms with van der Waals surface area (Å²) in [5.41, 5.74) is 16.4. The van der Waals surface area contributed by atoms with Crippen molar-refractivity contribution in [3.8, 4) is 21.7 Å². The van der Waals surface area contributed by atoms with E-state index >= 15 is 0 Å². The number of hydrogen-bond acceptors (Lipinski definition) is 6. The van der Waals surface area contributed by atoms with Crippen molar-refractivity contribution in [2.75, 3.05) is 14.2 Å². The van der Waals surface area contributed by atoms with Crippen molar-refractivity contribution in [1.29, 1.82) is 0 Å². The van der Waals surface area contributed by atoms with Gasteiger partial charge in [0.25, 0.3) is 0 Å². The van der Waals surface area contributed by atoms with Gasteiger partial charge in [-0.15, -0.1) is 0 Å². The predicted octanol–water partition coefficient (Wildman–Crippen LogP) is 25.2. The zero-order valence-electron chi connectivity index (χ0n) is 70.8. The standard InChI is InChI=1S/C28H27F3N2O.C23H22BrF3N2O.2C18H15P.C5H5.3C4H9.2ClH.Pd.Sn/c1-34-21-10-12-26(13-11-21)16-19-7-6-18(5-4-17-2-3-17)14-23(19)27(26)24-15-20(28(29,30)31)8-9-22(24)25(32)33-27;1-30-16-6-8-21(9-7-16)12-13-2-4-15(24)11-18(13)22(21)19-10-14(23(25,26)27)3-5-17(19)20(28)29-22;2*1-4-10-16(11-5-1)19(17-12-6-2-7-13-17)18-14-8-3-9-15-18;1-2-5-3-4-5;3*1-3-4-2;;;;/h6-9,14-15,17,21H,2-3,10-13,16H2,1H3,(H2,32,33);2-5,10-11,16H,6-9,12H2,1H3,(H2,28,29);2*1-15H;5H,3-4H2;3*1,3-4H2,2H3;2*1H;;/q;;;;;;;;;;+2;/p-2. The molecule has 19 heteroatoms. The first-order valence-corrected chi connectivity index (χ1v) is 58.4. The third-order valence-electron chi connectivity index (χ3n) is 25.8. The summed E-state index contributed by atoms with van der Waals surface area (Å²) in [7, 11) is 12.2. The second-order valence-electron chi connectivity index (χ2n) is 33.8. The van der Waals surface area contributed by atoms with E-state index < -0.39 is 68.8 Å². The Bertz CT molecular complexity index is 5020. The molecule has 4 fully saturated rings. The number of ether oxygens (including phenoxy) is 2. The molecular formula is C104H111BrCl2F6N4O2P2PdSn. The molecule has 0 saturated heterocycles. The Morgan fingerprint density at radius 1 is 0.439 bits per heavy atom. The van der Waals surface area contributed by atoms with Crippen LogP contribution < -0.4 is 43.3 Å². The van der Waals surface area contributed by atoms with Gasteiger partial charge in [0.15, 0.2) is 0 Å².